The fourth-order valence-corrected chi connectivity index (χ4v) is 8.69. The fraction of sp³-hybridized carbons (Fsp3) is 0.957. The Labute approximate surface area is 168 Å². The Balaban J connectivity index is 1.63. The number of hydrogen-bond donors (Lipinski definition) is 1. The van der Waals surface area contributed by atoms with E-state index in [9.17, 15) is 9.90 Å². The van der Waals surface area contributed by atoms with Crippen LogP contribution in [0.25, 0.3) is 0 Å². The number of Topliss-reactive ketones (excluding diaryl/α,β-unsaturated/α-hetero) is 1. The summed E-state index contributed by atoms with van der Waals surface area (Å²) < 4.78 is 0. The molecule has 0 aromatic carbocycles. The van der Waals surface area contributed by atoms with E-state index in [1.165, 1.54) is 32.1 Å². The maximum Gasteiger partial charge on any atom is 0.147 e. The molecule has 0 aliphatic heterocycles. The number of alkyl halides is 1. The summed E-state index contributed by atoms with van der Waals surface area (Å²) in [5, 5.41) is 11.2. The zero-order chi connectivity index (χ0) is 18.9. The van der Waals surface area contributed by atoms with Crippen molar-refractivity contribution in [3.63, 3.8) is 0 Å². The minimum atomic E-state index is -0.463. The van der Waals surface area contributed by atoms with Gasteiger partial charge in [0, 0.05) is 5.92 Å². The topological polar surface area (TPSA) is 37.3 Å². The van der Waals surface area contributed by atoms with Crippen LogP contribution in [0.15, 0.2) is 0 Å². The second-order valence-electron chi connectivity index (χ2n) is 11.4. The molecule has 4 aliphatic rings. The highest BCUT2D eigenvalue weighted by Gasteiger charge is 2.61. The second kappa shape index (κ2) is 6.31. The van der Waals surface area contributed by atoms with E-state index in [1.807, 2.05) is 0 Å². The van der Waals surface area contributed by atoms with E-state index < -0.39 is 5.60 Å². The first-order valence-electron chi connectivity index (χ1n) is 10.9. The molecule has 1 N–H and O–H groups in total. The zero-order valence-corrected chi connectivity index (χ0v) is 18.6. The van der Waals surface area contributed by atoms with Gasteiger partial charge in [-0.05, 0) is 98.7 Å². The molecule has 0 spiro atoms. The van der Waals surface area contributed by atoms with Crippen molar-refractivity contribution in [2.75, 3.05) is 5.33 Å². The highest BCUT2D eigenvalue weighted by Crippen LogP contribution is 2.67. The van der Waals surface area contributed by atoms with Crippen LogP contribution in [0.5, 0.6) is 0 Å². The third-order valence-electron chi connectivity index (χ3n) is 9.52. The van der Waals surface area contributed by atoms with E-state index in [4.69, 9.17) is 0 Å². The van der Waals surface area contributed by atoms with Crippen molar-refractivity contribution in [2.24, 2.45) is 46.3 Å². The molecule has 4 rings (SSSR count). The van der Waals surface area contributed by atoms with E-state index in [1.54, 1.807) is 0 Å². The maximum atomic E-state index is 12.6. The normalized spacial score (nSPS) is 52.7. The predicted molar refractivity (Wildman–Crippen MR) is 109 cm³/mol. The highest BCUT2D eigenvalue weighted by atomic mass is 79.9. The Morgan fingerprint density at radius 3 is 2.31 bits per heavy atom. The molecule has 0 saturated heterocycles. The van der Waals surface area contributed by atoms with Crippen LogP contribution in [0.2, 0.25) is 0 Å². The largest absolute Gasteiger partial charge is 0.390 e. The highest BCUT2D eigenvalue weighted by molar-refractivity contribution is 9.09. The van der Waals surface area contributed by atoms with Gasteiger partial charge < -0.3 is 5.11 Å². The first-order valence-corrected chi connectivity index (χ1v) is 12.0. The van der Waals surface area contributed by atoms with Crippen molar-refractivity contribution in [3.8, 4) is 0 Å². The van der Waals surface area contributed by atoms with Gasteiger partial charge >= 0.3 is 0 Å². The molecule has 8 atom stereocenters. The summed E-state index contributed by atoms with van der Waals surface area (Å²) in [5.74, 6) is 4.53. The second-order valence-corrected chi connectivity index (χ2v) is 12.0. The molecule has 0 aromatic rings. The summed E-state index contributed by atoms with van der Waals surface area (Å²) in [6, 6.07) is 0. The van der Waals surface area contributed by atoms with Crippen molar-refractivity contribution in [2.45, 2.75) is 84.7 Å². The molecule has 0 radical (unpaired) electrons. The molecule has 0 heterocycles. The predicted octanol–water partition coefficient (Wildman–Crippen LogP) is 5.61. The SMILES string of the molecule is CC1(C)C[C@@H]2[C@H](CC[C@]3(C)[C@@H](C(=O)CBr)CC[C@@H]23)[C@H]2CC[C@](C)(O)C[C@H]21. The Kier molecular flexibility index (Phi) is 4.71. The summed E-state index contributed by atoms with van der Waals surface area (Å²) in [6.07, 6.45) is 9.37. The Hall–Kier alpha value is 0.110. The number of hydrogen-bond acceptors (Lipinski definition) is 2. The van der Waals surface area contributed by atoms with Gasteiger partial charge in [0.25, 0.3) is 0 Å². The van der Waals surface area contributed by atoms with Crippen molar-refractivity contribution < 1.29 is 9.90 Å². The molecule has 4 fully saturated rings. The third kappa shape index (κ3) is 2.86. The van der Waals surface area contributed by atoms with Gasteiger partial charge in [0.2, 0.25) is 0 Å². The smallest absolute Gasteiger partial charge is 0.147 e. The maximum absolute atomic E-state index is 12.6. The van der Waals surface area contributed by atoms with E-state index in [2.05, 4.69) is 43.6 Å². The molecular formula is C23H37BrO2. The average molecular weight is 425 g/mol. The molecular weight excluding hydrogens is 388 g/mol. The van der Waals surface area contributed by atoms with Crippen molar-refractivity contribution >= 4 is 21.7 Å². The number of fused-ring (bicyclic) bond motifs is 5. The molecule has 0 unspecified atom stereocenters. The molecule has 0 amide bonds. The Morgan fingerprint density at radius 2 is 1.62 bits per heavy atom. The lowest BCUT2D eigenvalue weighted by Crippen LogP contribution is -2.56. The van der Waals surface area contributed by atoms with Crippen LogP contribution in [0.3, 0.4) is 0 Å². The van der Waals surface area contributed by atoms with Crippen LogP contribution < -0.4 is 0 Å². The molecule has 0 bridgehead atoms. The van der Waals surface area contributed by atoms with Gasteiger partial charge in [-0.15, -0.1) is 0 Å². The first kappa shape index (κ1) is 19.4. The number of carbonyl (C=O) groups is 1. The lowest BCUT2D eigenvalue weighted by molar-refractivity contribution is -0.149. The van der Waals surface area contributed by atoms with Crippen LogP contribution in [0.1, 0.15) is 79.1 Å². The molecule has 148 valence electrons. The van der Waals surface area contributed by atoms with Crippen molar-refractivity contribution in [1.29, 1.82) is 0 Å². The Bertz CT molecular complexity index is 583. The summed E-state index contributed by atoms with van der Waals surface area (Å²) >= 11 is 3.44. The summed E-state index contributed by atoms with van der Waals surface area (Å²) in [7, 11) is 0. The number of halogens is 1. The molecule has 4 saturated carbocycles. The van der Waals surface area contributed by atoms with E-state index in [0.717, 1.165) is 42.9 Å². The molecule has 0 aromatic heterocycles. The standard InChI is InChI=1S/C23H37BrO2/c1-21(2)11-16-14(15-7-9-22(3,26)12-19(15)21)8-10-23(4)17(16)5-6-18(23)20(25)13-24/h14-19,26H,5-13H2,1-4H3/t14-,15-,16-,17+,18-,19-,22+,23+/m1/s1. The summed E-state index contributed by atoms with van der Waals surface area (Å²) in [4.78, 5) is 12.6. The molecule has 2 nitrogen and oxygen atoms in total. The molecule has 4 aliphatic carbocycles. The molecule has 26 heavy (non-hydrogen) atoms. The Morgan fingerprint density at radius 1 is 0.923 bits per heavy atom. The van der Waals surface area contributed by atoms with E-state index in [0.29, 0.717) is 22.4 Å². The lowest BCUT2D eigenvalue weighted by Gasteiger charge is -2.61. The van der Waals surface area contributed by atoms with Gasteiger partial charge in [-0.25, -0.2) is 0 Å². The first-order chi connectivity index (χ1) is 12.1. The lowest BCUT2D eigenvalue weighted by atomic mass is 9.44. The van der Waals surface area contributed by atoms with Gasteiger partial charge in [-0.2, -0.15) is 0 Å². The van der Waals surface area contributed by atoms with Crippen LogP contribution in [-0.4, -0.2) is 21.8 Å². The third-order valence-corrected chi connectivity index (χ3v) is 10.1. The zero-order valence-electron chi connectivity index (χ0n) is 17.1. The monoisotopic (exact) mass is 424 g/mol. The van der Waals surface area contributed by atoms with Gasteiger partial charge in [-0.3, -0.25) is 4.79 Å². The van der Waals surface area contributed by atoms with Crippen LogP contribution in [-0.2, 0) is 4.79 Å². The minimum absolute atomic E-state index is 0.231. The van der Waals surface area contributed by atoms with Gasteiger partial charge in [0.15, 0.2) is 0 Å². The number of carbonyl (C=O) groups excluding carboxylic acids is 1. The van der Waals surface area contributed by atoms with Crippen LogP contribution in [0, 0.1) is 46.3 Å². The van der Waals surface area contributed by atoms with Gasteiger partial charge in [0.05, 0.1) is 10.9 Å². The quantitative estimate of drug-likeness (QED) is 0.584. The molecule has 3 heteroatoms. The van der Waals surface area contributed by atoms with Crippen molar-refractivity contribution in [1.82, 2.24) is 0 Å². The van der Waals surface area contributed by atoms with Crippen LogP contribution in [0.4, 0.5) is 0 Å². The minimum Gasteiger partial charge on any atom is -0.390 e. The van der Waals surface area contributed by atoms with Gasteiger partial charge in [0.1, 0.15) is 5.78 Å². The van der Waals surface area contributed by atoms with E-state index >= 15 is 0 Å². The number of rotatable bonds is 2. The number of aliphatic hydroxyl groups is 1. The van der Waals surface area contributed by atoms with Gasteiger partial charge in [-0.1, -0.05) is 36.7 Å². The summed E-state index contributed by atoms with van der Waals surface area (Å²) in [5.41, 5.74) is 0.0797. The van der Waals surface area contributed by atoms with E-state index in [-0.39, 0.29) is 11.3 Å². The van der Waals surface area contributed by atoms with Crippen LogP contribution >= 0.6 is 15.9 Å². The van der Waals surface area contributed by atoms with Crippen molar-refractivity contribution in [3.05, 3.63) is 0 Å². The average Bonchev–Trinajstić information content (AvgIpc) is 2.91. The summed E-state index contributed by atoms with van der Waals surface area (Å²) in [6.45, 7) is 9.42. The fourth-order valence-electron chi connectivity index (χ4n) is 8.30. The number of ketones is 1.